The summed E-state index contributed by atoms with van der Waals surface area (Å²) in [6.45, 7) is 11.3. The van der Waals surface area contributed by atoms with Crippen molar-refractivity contribution >= 4 is 13.9 Å². The predicted octanol–water partition coefficient (Wildman–Crippen LogP) is 5.86. The van der Waals surface area contributed by atoms with Gasteiger partial charge in [-0.05, 0) is 41.4 Å². The van der Waals surface area contributed by atoms with Gasteiger partial charge in [0.2, 0.25) is 6.29 Å². The molecule has 0 N–H and O–H groups in total. The molecule has 0 amide bonds. The molecule has 0 fully saturated rings. The highest BCUT2D eigenvalue weighted by Gasteiger charge is 2.40. The molecule has 24 heavy (non-hydrogen) atoms. The van der Waals surface area contributed by atoms with Crippen LogP contribution < -0.4 is 4.74 Å². The third-order valence-corrected chi connectivity index (χ3v) is 9.46. The molecule has 1 aliphatic heterocycles. The van der Waals surface area contributed by atoms with Crippen LogP contribution in [0.2, 0.25) is 18.1 Å². The number of rotatable bonds is 3. The lowest BCUT2D eigenvalue weighted by Gasteiger charge is -2.39. The van der Waals surface area contributed by atoms with Crippen LogP contribution in [0.15, 0.2) is 60.7 Å². The van der Waals surface area contributed by atoms with Gasteiger partial charge in [-0.15, -0.1) is 0 Å². The molecule has 0 saturated carbocycles. The largest absolute Gasteiger partial charge is 0.462 e. The molecule has 1 heterocycles. The van der Waals surface area contributed by atoms with Crippen LogP contribution in [0.3, 0.4) is 0 Å². The van der Waals surface area contributed by atoms with Crippen molar-refractivity contribution in [1.82, 2.24) is 0 Å². The third-order valence-electron chi connectivity index (χ3n) is 5.02. The second kappa shape index (κ2) is 6.23. The van der Waals surface area contributed by atoms with Crippen LogP contribution in [0.5, 0.6) is 5.75 Å². The summed E-state index contributed by atoms with van der Waals surface area (Å²) >= 11 is 0. The summed E-state index contributed by atoms with van der Waals surface area (Å²) in [6.07, 6.45) is 1.79. The molecule has 3 heteroatoms. The van der Waals surface area contributed by atoms with Crippen LogP contribution in [0.1, 0.15) is 31.9 Å². The Hall–Kier alpha value is -1.84. The molecule has 0 aromatic heterocycles. The van der Waals surface area contributed by atoms with Crippen molar-refractivity contribution in [2.24, 2.45) is 0 Å². The number of para-hydroxylation sites is 1. The van der Waals surface area contributed by atoms with Crippen molar-refractivity contribution in [2.75, 3.05) is 0 Å². The van der Waals surface area contributed by atoms with E-state index in [0.717, 1.165) is 11.3 Å². The smallest absolute Gasteiger partial charge is 0.211 e. The first-order valence-corrected chi connectivity index (χ1v) is 11.4. The van der Waals surface area contributed by atoms with Gasteiger partial charge in [0, 0.05) is 5.56 Å². The molecule has 2 nitrogen and oxygen atoms in total. The molecule has 0 saturated heterocycles. The predicted molar refractivity (Wildman–Crippen MR) is 103 cm³/mol. The first kappa shape index (κ1) is 17.0. The van der Waals surface area contributed by atoms with E-state index < -0.39 is 8.32 Å². The van der Waals surface area contributed by atoms with Gasteiger partial charge in [0.1, 0.15) is 5.75 Å². The molecule has 3 rings (SSSR count). The van der Waals surface area contributed by atoms with Crippen molar-refractivity contribution in [2.45, 2.75) is 45.2 Å². The van der Waals surface area contributed by atoms with Crippen LogP contribution >= 0.6 is 0 Å². The summed E-state index contributed by atoms with van der Waals surface area (Å²) in [5.41, 5.74) is 3.50. The molecule has 1 aliphatic rings. The summed E-state index contributed by atoms with van der Waals surface area (Å²) in [5, 5.41) is 0.147. The van der Waals surface area contributed by atoms with Crippen molar-refractivity contribution < 1.29 is 9.16 Å². The van der Waals surface area contributed by atoms with Gasteiger partial charge in [0.05, 0.1) is 0 Å². The average Bonchev–Trinajstić information content (AvgIpc) is 2.53. The van der Waals surface area contributed by atoms with Gasteiger partial charge in [-0.1, -0.05) is 69.3 Å². The lowest BCUT2D eigenvalue weighted by molar-refractivity contribution is 0.0328. The van der Waals surface area contributed by atoms with Gasteiger partial charge in [-0.3, -0.25) is 0 Å². The lowest BCUT2D eigenvalue weighted by atomic mass is 9.95. The number of fused-ring (bicyclic) bond motifs is 1. The topological polar surface area (TPSA) is 18.5 Å². The van der Waals surface area contributed by atoms with Crippen molar-refractivity contribution in [3.8, 4) is 5.75 Å². The Balaban J connectivity index is 2.00. The van der Waals surface area contributed by atoms with Crippen LogP contribution in [0, 0.1) is 0 Å². The zero-order valence-electron chi connectivity index (χ0n) is 15.2. The summed E-state index contributed by atoms with van der Waals surface area (Å²) in [5.74, 6) is 0.891. The van der Waals surface area contributed by atoms with Crippen molar-refractivity contribution in [3.05, 3.63) is 71.8 Å². The monoisotopic (exact) mass is 338 g/mol. The Morgan fingerprint density at radius 3 is 2.21 bits per heavy atom. The maximum atomic E-state index is 6.49. The molecule has 1 atom stereocenters. The molecule has 126 valence electrons. The minimum Gasteiger partial charge on any atom is -0.462 e. The second-order valence-corrected chi connectivity index (χ2v) is 12.6. The zero-order chi connectivity index (χ0) is 17.4. The van der Waals surface area contributed by atoms with E-state index in [9.17, 15) is 0 Å². The van der Waals surface area contributed by atoms with E-state index in [2.05, 4.69) is 70.3 Å². The van der Waals surface area contributed by atoms with Crippen LogP contribution in [-0.4, -0.2) is 14.6 Å². The quantitative estimate of drug-likeness (QED) is 0.653. The SMILES string of the molecule is CC(C)(C)[Si](C)(C)OC1C=C(c2ccccc2)c2ccccc2O1. The van der Waals surface area contributed by atoms with E-state index in [4.69, 9.17) is 9.16 Å². The van der Waals surface area contributed by atoms with Crippen LogP contribution in [0.4, 0.5) is 0 Å². The first-order valence-electron chi connectivity index (χ1n) is 8.49. The highest BCUT2D eigenvalue weighted by Crippen LogP contribution is 2.41. The molecule has 0 bridgehead atoms. The first-order chi connectivity index (χ1) is 11.3. The summed E-state index contributed by atoms with van der Waals surface area (Å²) in [4.78, 5) is 0. The van der Waals surface area contributed by atoms with Gasteiger partial charge in [0.15, 0.2) is 8.32 Å². The van der Waals surface area contributed by atoms with E-state index in [1.165, 1.54) is 11.1 Å². The number of hydrogen-bond acceptors (Lipinski definition) is 2. The fraction of sp³-hybridized carbons (Fsp3) is 0.333. The van der Waals surface area contributed by atoms with Crippen molar-refractivity contribution in [3.63, 3.8) is 0 Å². The Labute approximate surface area is 146 Å². The number of hydrogen-bond donors (Lipinski definition) is 0. The Morgan fingerprint density at radius 1 is 0.917 bits per heavy atom. The molecule has 0 aliphatic carbocycles. The normalized spacial score (nSPS) is 17.7. The third kappa shape index (κ3) is 3.33. The molecule has 1 unspecified atom stereocenters. The Kier molecular flexibility index (Phi) is 4.41. The summed E-state index contributed by atoms with van der Waals surface area (Å²) in [7, 11) is -1.91. The van der Waals surface area contributed by atoms with E-state index in [1.807, 2.05) is 24.3 Å². The highest BCUT2D eigenvalue weighted by atomic mass is 28.4. The summed E-state index contributed by atoms with van der Waals surface area (Å²) in [6, 6.07) is 18.6. The van der Waals surface area contributed by atoms with Gasteiger partial charge in [-0.25, -0.2) is 0 Å². The van der Waals surface area contributed by atoms with E-state index in [-0.39, 0.29) is 11.3 Å². The minimum absolute atomic E-state index is 0.147. The van der Waals surface area contributed by atoms with E-state index >= 15 is 0 Å². The maximum absolute atomic E-state index is 6.49. The molecule has 0 spiro atoms. The lowest BCUT2D eigenvalue weighted by Crippen LogP contribution is -2.45. The van der Waals surface area contributed by atoms with Crippen LogP contribution in [0.25, 0.3) is 5.57 Å². The maximum Gasteiger partial charge on any atom is 0.211 e. The average molecular weight is 339 g/mol. The van der Waals surface area contributed by atoms with Crippen molar-refractivity contribution in [1.29, 1.82) is 0 Å². The molecular weight excluding hydrogens is 312 g/mol. The molecule has 2 aromatic carbocycles. The van der Waals surface area contributed by atoms with Gasteiger partial charge < -0.3 is 9.16 Å². The van der Waals surface area contributed by atoms with Crippen LogP contribution in [-0.2, 0) is 4.43 Å². The molecule has 2 aromatic rings. The minimum atomic E-state index is -1.91. The zero-order valence-corrected chi connectivity index (χ0v) is 16.2. The van der Waals surface area contributed by atoms with E-state index in [0.29, 0.717) is 0 Å². The number of ether oxygens (including phenoxy) is 1. The Morgan fingerprint density at radius 2 is 1.54 bits per heavy atom. The highest BCUT2D eigenvalue weighted by molar-refractivity contribution is 6.74. The molecular formula is C21H26O2Si. The van der Waals surface area contributed by atoms with E-state index in [1.54, 1.807) is 0 Å². The fourth-order valence-corrected chi connectivity index (χ4v) is 3.62. The second-order valence-electron chi connectivity index (χ2n) is 7.81. The van der Waals surface area contributed by atoms with Gasteiger partial charge in [-0.2, -0.15) is 0 Å². The Bertz CT molecular complexity index is 742. The molecule has 0 radical (unpaired) electrons. The fourth-order valence-electron chi connectivity index (χ4n) is 2.57. The number of benzene rings is 2. The summed E-state index contributed by atoms with van der Waals surface area (Å²) < 4.78 is 12.6. The standard InChI is InChI=1S/C21H26O2Si/c1-21(2,3)24(4,5)23-20-15-18(16-11-7-6-8-12-16)17-13-9-10-14-19(17)22-20/h6-15,20H,1-5H3. The van der Waals surface area contributed by atoms with Gasteiger partial charge in [0.25, 0.3) is 0 Å². The van der Waals surface area contributed by atoms with Gasteiger partial charge >= 0.3 is 0 Å².